The summed E-state index contributed by atoms with van der Waals surface area (Å²) in [6.45, 7) is 1.66. The molecule has 0 unspecified atom stereocenters. The molecule has 0 radical (unpaired) electrons. The van der Waals surface area contributed by atoms with Gasteiger partial charge in [0.25, 0.3) is 0 Å². The zero-order valence-corrected chi connectivity index (χ0v) is 8.84. The van der Waals surface area contributed by atoms with Crippen LogP contribution >= 0.6 is 0 Å². The molecule has 0 fully saturated rings. The number of anilines is 1. The summed E-state index contributed by atoms with van der Waals surface area (Å²) in [6, 6.07) is 0.787. The molecule has 88 valence electrons. The van der Waals surface area contributed by atoms with E-state index in [4.69, 9.17) is 5.73 Å². The Morgan fingerprint density at radius 1 is 1.50 bits per heavy atom. The molecular formula is C10H11F2NO3. The van der Waals surface area contributed by atoms with Crippen LogP contribution in [0.2, 0.25) is 0 Å². The second-order valence-corrected chi connectivity index (χ2v) is 2.89. The van der Waals surface area contributed by atoms with Crippen molar-refractivity contribution in [1.29, 1.82) is 0 Å². The van der Waals surface area contributed by atoms with E-state index in [0.29, 0.717) is 0 Å². The maximum atomic E-state index is 13.4. The lowest BCUT2D eigenvalue weighted by molar-refractivity contribution is 0.0526. The lowest BCUT2D eigenvalue weighted by Crippen LogP contribution is -2.11. The number of hydrogen-bond donors (Lipinski definition) is 1. The Kier molecular flexibility index (Phi) is 3.65. The Bertz CT molecular complexity index is 421. The van der Waals surface area contributed by atoms with Crippen molar-refractivity contribution < 1.29 is 23.0 Å². The van der Waals surface area contributed by atoms with Crippen molar-refractivity contribution in [2.45, 2.75) is 6.92 Å². The van der Waals surface area contributed by atoms with Crippen molar-refractivity contribution in [2.24, 2.45) is 0 Å². The Hall–Kier alpha value is -1.85. The van der Waals surface area contributed by atoms with E-state index in [1.165, 1.54) is 0 Å². The lowest BCUT2D eigenvalue weighted by atomic mass is 10.1. The molecule has 1 aromatic carbocycles. The summed E-state index contributed by atoms with van der Waals surface area (Å²) >= 11 is 0. The molecule has 6 heteroatoms. The number of rotatable bonds is 3. The Labute approximate surface area is 91.0 Å². The third kappa shape index (κ3) is 2.05. The fourth-order valence-corrected chi connectivity index (χ4v) is 1.18. The summed E-state index contributed by atoms with van der Waals surface area (Å²) < 4.78 is 35.8. The van der Waals surface area contributed by atoms with E-state index in [9.17, 15) is 13.6 Å². The van der Waals surface area contributed by atoms with Crippen LogP contribution in [-0.2, 0) is 4.74 Å². The Morgan fingerprint density at radius 3 is 2.62 bits per heavy atom. The van der Waals surface area contributed by atoms with Gasteiger partial charge in [-0.25, -0.2) is 13.6 Å². The molecule has 0 spiro atoms. The third-order valence-corrected chi connectivity index (χ3v) is 1.91. The standard InChI is InChI=1S/C10H11F2NO3/c1-3-16-10(14)5-4-6(11)9(15-2)7(12)8(5)13/h4H,3,13H2,1-2H3. The van der Waals surface area contributed by atoms with Crippen LogP contribution < -0.4 is 10.5 Å². The molecule has 0 aliphatic carbocycles. The first-order chi connectivity index (χ1) is 7.52. The van der Waals surface area contributed by atoms with Crippen LogP contribution in [-0.4, -0.2) is 19.7 Å². The fraction of sp³-hybridized carbons (Fsp3) is 0.300. The molecule has 1 aromatic rings. The molecule has 0 aliphatic heterocycles. The topological polar surface area (TPSA) is 61.5 Å². The Morgan fingerprint density at radius 2 is 2.12 bits per heavy atom. The summed E-state index contributed by atoms with van der Waals surface area (Å²) in [7, 11) is 1.10. The summed E-state index contributed by atoms with van der Waals surface area (Å²) in [5.74, 6) is -3.60. The molecule has 0 amide bonds. The van der Waals surface area contributed by atoms with E-state index >= 15 is 0 Å². The van der Waals surface area contributed by atoms with Gasteiger partial charge >= 0.3 is 5.97 Å². The molecule has 0 aromatic heterocycles. The predicted octanol–water partition coefficient (Wildman–Crippen LogP) is 1.73. The second kappa shape index (κ2) is 4.78. The summed E-state index contributed by atoms with van der Waals surface area (Å²) in [6.07, 6.45) is 0. The van der Waals surface area contributed by atoms with Crippen LogP contribution in [0.3, 0.4) is 0 Å². The summed E-state index contributed by atoms with van der Waals surface area (Å²) in [5.41, 5.74) is 4.50. The highest BCUT2D eigenvalue weighted by Gasteiger charge is 2.21. The largest absolute Gasteiger partial charge is 0.491 e. The second-order valence-electron chi connectivity index (χ2n) is 2.89. The SMILES string of the molecule is CCOC(=O)c1cc(F)c(OC)c(F)c1N. The van der Waals surface area contributed by atoms with Gasteiger partial charge in [0.05, 0.1) is 25.0 Å². The molecular weight excluding hydrogens is 220 g/mol. The predicted molar refractivity (Wildman–Crippen MR) is 53.3 cm³/mol. The maximum absolute atomic E-state index is 13.4. The lowest BCUT2D eigenvalue weighted by Gasteiger charge is -2.10. The first-order valence-corrected chi connectivity index (χ1v) is 4.51. The van der Waals surface area contributed by atoms with Crippen LogP contribution in [0.5, 0.6) is 5.75 Å². The number of halogens is 2. The number of benzene rings is 1. The molecule has 0 bridgehead atoms. The number of nitrogens with two attached hydrogens (primary N) is 1. The smallest absolute Gasteiger partial charge is 0.340 e. The normalized spacial score (nSPS) is 10.0. The van der Waals surface area contributed by atoms with Crippen LogP contribution in [0, 0.1) is 11.6 Å². The van der Waals surface area contributed by atoms with Crippen molar-refractivity contribution in [3.8, 4) is 5.75 Å². The van der Waals surface area contributed by atoms with Gasteiger partial charge in [0.15, 0.2) is 17.4 Å². The van der Waals surface area contributed by atoms with E-state index in [2.05, 4.69) is 9.47 Å². The highest BCUT2D eigenvalue weighted by Crippen LogP contribution is 2.29. The average Bonchev–Trinajstić information content (AvgIpc) is 2.24. The minimum Gasteiger partial charge on any atom is -0.491 e. The van der Waals surface area contributed by atoms with Gasteiger partial charge in [-0.2, -0.15) is 0 Å². The van der Waals surface area contributed by atoms with Crippen molar-refractivity contribution in [3.63, 3.8) is 0 Å². The summed E-state index contributed by atoms with van der Waals surface area (Å²) in [4.78, 5) is 11.3. The summed E-state index contributed by atoms with van der Waals surface area (Å²) in [5, 5.41) is 0. The molecule has 0 aliphatic rings. The van der Waals surface area contributed by atoms with Crippen LogP contribution in [0.1, 0.15) is 17.3 Å². The van der Waals surface area contributed by atoms with Crippen molar-refractivity contribution in [1.82, 2.24) is 0 Å². The molecule has 2 N–H and O–H groups in total. The van der Waals surface area contributed by atoms with Gasteiger partial charge in [0, 0.05) is 0 Å². The first-order valence-electron chi connectivity index (χ1n) is 4.51. The molecule has 1 rings (SSSR count). The number of carbonyl (C=O) groups excluding carboxylic acids is 1. The van der Waals surface area contributed by atoms with Gasteiger partial charge in [0.2, 0.25) is 0 Å². The average molecular weight is 231 g/mol. The van der Waals surface area contributed by atoms with Gasteiger partial charge in [-0.05, 0) is 13.0 Å². The highest BCUT2D eigenvalue weighted by molar-refractivity contribution is 5.95. The fourth-order valence-electron chi connectivity index (χ4n) is 1.18. The van der Waals surface area contributed by atoms with E-state index in [1.54, 1.807) is 6.92 Å². The van der Waals surface area contributed by atoms with E-state index in [0.717, 1.165) is 13.2 Å². The zero-order valence-electron chi connectivity index (χ0n) is 8.84. The highest BCUT2D eigenvalue weighted by atomic mass is 19.1. The van der Waals surface area contributed by atoms with E-state index in [-0.39, 0.29) is 12.2 Å². The minimum absolute atomic E-state index is 0.0908. The van der Waals surface area contributed by atoms with Crippen molar-refractivity contribution >= 4 is 11.7 Å². The molecule has 16 heavy (non-hydrogen) atoms. The maximum Gasteiger partial charge on any atom is 0.340 e. The van der Waals surface area contributed by atoms with Crippen molar-refractivity contribution in [2.75, 3.05) is 19.5 Å². The van der Waals surface area contributed by atoms with Crippen LogP contribution in [0.25, 0.3) is 0 Å². The zero-order chi connectivity index (χ0) is 12.3. The van der Waals surface area contributed by atoms with Gasteiger partial charge in [0.1, 0.15) is 0 Å². The molecule has 0 saturated heterocycles. The van der Waals surface area contributed by atoms with Gasteiger partial charge < -0.3 is 15.2 Å². The van der Waals surface area contributed by atoms with Gasteiger partial charge in [-0.1, -0.05) is 0 Å². The van der Waals surface area contributed by atoms with Crippen molar-refractivity contribution in [3.05, 3.63) is 23.3 Å². The number of nitrogen functional groups attached to an aromatic ring is 1. The molecule has 4 nitrogen and oxygen atoms in total. The number of esters is 1. The first kappa shape index (κ1) is 12.2. The van der Waals surface area contributed by atoms with E-state index in [1.807, 2.05) is 0 Å². The minimum atomic E-state index is -1.11. The van der Waals surface area contributed by atoms with Gasteiger partial charge in [-0.3, -0.25) is 0 Å². The third-order valence-electron chi connectivity index (χ3n) is 1.91. The number of ether oxygens (including phenoxy) is 2. The number of hydrogen-bond acceptors (Lipinski definition) is 4. The Balaban J connectivity index is 3.28. The van der Waals surface area contributed by atoms with Crippen LogP contribution in [0.4, 0.5) is 14.5 Å². The quantitative estimate of drug-likeness (QED) is 0.635. The molecule has 0 saturated carbocycles. The molecule has 0 heterocycles. The van der Waals surface area contributed by atoms with Gasteiger partial charge in [-0.15, -0.1) is 0 Å². The monoisotopic (exact) mass is 231 g/mol. The number of methoxy groups -OCH3 is 1. The van der Waals surface area contributed by atoms with Crippen LogP contribution in [0.15, 0.2) is 6.07 Å². The van der Waals surface area contributed by atoms with E-state index < -0.39 is 29.0 Å². The molecule has 0 atom stereocenters. The number of carbonyl (C=O) groups is 1.